The zero-order chi connectivity index (χ0) is 15.9. The van der Waals surface area contributed by atoms with Crippen molar-refractivity contribution in [2.45, 2.75) is 12.2 Å². The number of nitro groups is 1. The van der Waals surface area contributed by atoms with Crippen LogP contribution in [0.3, 0.4) is 0 Å². The fourth-order valence-corrected chi connectivity index (χ4v) is 2.93. The topological polar surface area (TPSA) is 58.9 Å². The third kappa shape index (κ3) is 2.94. The summed E-state index contributed by atoms with van der Waals surface area (Å²) in [5, 5.41) is 10.8. The summed E-state index contributed by atoms with van der Waals surface area (Å²) < 4.78 is 42.9. The van der Waals surface area contributed by atoms with Crippen molar-refractivity contribution in [3.8, 4) is 5.75 Å². The van der Waals surface area contributed by atoms with Crippen molar-refractivity contribution in [3.63, 3.8) is 0 Å². The van der Waals surface area contributed by atoms with Crippen LogP contribution in [0.5, 0.6) is 5.75 Å². The average molecular weight is 317 g/mol. The molecule has 0 N–H and O–H groups in total. The summed E-state index contributed by atoms with van der Waals surface area (Å²) in [4.78, 5) is 13.6. The minimum absolute atomic E-state index is 0.0621. The number of fused-ring (bicyclic) bond motifs is 3. The molecule has 0 aromatic heterocycles. The summed E-state index contributed by atoms with van der Waals surface area (Å²) >= 11 is 0. The molecular weight excluding hydrogens is 303 g/mol. The maximum atomic E-state index is 12.5. The molecule has 2 heterocycles. The SMILES string of the molecule is O=[N+]([O-])c1ccc2c(c1)OC[C@H]1CN(CC(F)(F)F)CCN21. The molecule has 3 rings (SSSR count). The Morgan fingerprint density at radius 3 is 2.82 bits per heavy atom. The molecule has 2 aliphatic rings. The van der Waals surface area contributed by atoms with Crippen molar-refractivity contribution in [2.75, 3.05) is 37.7 Å². The summed E-state index contributed by atoms with van der Waals surface area (Å²) in [5.41, 5.74) is 0.640. The first kappa shape index (κ1) is 14.9. The molecular formula is C13H14F3N3O3. The monoisotopic (exact) mass is 317 g/mol. The number of non-ortho nitro benzene ring substituents is 1. The molecule has 0 saturated carbocycles. The molecule has 2 aliphatic heterocycles. The number of rotatable bonds is 2. The second kappa shape index (κ2) is 5.31. The van der Waals surface area contributed by atoms with Crippen molar-refractivity contribution < 1.29 is 22.8 Å². The van der Waals surface area contributed by atoms with E-state index in [2.05, 4.69) is 0 Å². The minimum Gasteiger partial charge on any atom is -0.489 e. The molecule has 0 aliphatic carbocycles. The van der Waals surface area contributed by atoms with Gasteiger partial charge in [0.1, 0.15) is 12.4 Å². The van der Waals surface area contributed by atoms with Crippen molar-refractivity contribution >= 4 is 11.4 Å². The van der Waals surface area contributed by atoms with Gasteiger partial charge in [0.25, 0.3) is 5.69 Å². The van der Waals surface area contributed by atoms with E-state index in [4.69, 9.17) is 4.74 Å². The Hall–Kier alpha value is -2.03. The van der Waals surface area contributed by atoms with Crippen LogP contribution in [0.4, 0.5) is 24.5 Å². The number of ether oxygens (including phenoxy) is 1. The van der Waals surface area contributed by atoms with E-state index < -0.39 is 17.6 Å². The lowest BCUT2D eigenvalue weighted by Crippen LogP contribution is -2.58. The Labute approximate surface area is 124 Å². The van der Waals surface area contributed by atoms with Gasteiger partial charge in [0.05, 0.1) is 29.3 Å². The number of nitro benzene ring substituents is 1. The number of nitrogens with zero attached hydrogens (tertiary/aromatic N) is 3. The number of hydrogen-bond donors (Lipinski definition) is 0. The van der Waals surface area contributed by atoms with E-state index in [0.717, 1.165) is 0 Å². The standard InChI is InChI=1S/C13H14F3N3O3/c14-13(15,16)8-17-3-4-18-10(6-17)7-22-12-5-9(19(20)21)1-2-11(12)18/h1-2,5,10H,3-4,6-8H2/t10-/m1/s1. The summed E-state index contributed by atoms with van der Waals surface area (Å²) in [6.45, 7) is 0.296. The van der Waals surface area contributed by atoms with Crippen LogP contribution in [0, 0.1) is 10.1 Å². The van der Waals surface area contributed by atoms with Gasteiger partial charge >= 0.3 is 6.18 Å². The molecule has 1 aromatic rings. The predicted molar refractivity (Wildman–Crippen MR) is 72.2 cm³/mol. The van der Waals surface area contributed by atoms with Crippen LogP contribution in [0.15, 0.2) is 18.2 Å². The van der Waals surface area contributed by atoms with E-state index in [1.807, 2.05) is 4.90 Å². The van der Waals surface area contributed by atoms with Gasteiger partial charge in [0, 0.05) is 25.7 Å². The normalized spacial score (nSPS) is 21.8. The quantitative estimate of drug-likeness (QED) is 0.617. The van der Waals surface area contributed by atoms with Gasteiger partial charge in [-0.05, 0) is 6.07 Å². The largest absolute Gasteiger partial charge is 0.489 e. The summed E-state index contributed by atoms with van der Waals surface area (Å²) in [6, 6.07) is 4.16. The summed E-state index contributed by atoms with van der Waals surface area (Å²) in [5.74, 6) is 0.412. The summed E-state index contributed by atoms with van der Waals surface area (Å²) in [7, 11) is 0. The molecule has 1 atom stereocenters. The van der Waals surface area contributed by atoms with Gasteiger partial charge < -0.3 is 9.64 Å². The Morgan fingerprint density at radius 1 is 1.36 bits per heavy atom. The van der Waals surface area contributed by atoms with Gasteiger partial charge in [-0.3, -0.25) is 15.0 Å². The van der Waals surface area contributed by atoms with Crippen molar-refractivity contribution in [3.05, 3.63) is 28.3 Å². The molecule has 1 saturated heterocycles. The van der Waals surface area contributed by atoms with Gasteiger partial charge in [0.15, 0.2) is 0 Å². The second-order valence-corrected chi connectivity index (χ2v) is 5.42. The van der Waals surface area contributed by atoms with E-state index >= 15 is 0 Å². The first-order valence-corrected chi connectivity index (χ1v) is 6.80. The van der Waals surface area contributed by atoms with Crippen LogP contribution in [-0.4, -0.2) is 54.8 Å². The molecule has 0 spiro atoms. The molecule has 0 radical (unpaired) electrons. The molecule has 0 amide bonds. The average Bonchev–Trinajstić information content (AvgIpc) is 2.44. The Bertz CT molecular complexity index is 594. The van der Waals surface area contributed by atoms with Crippen LogP contribution < -0.4 is 9.64 Å². The lowest BCUT2D eigenvalue weighted by atomic mass is 10.1. The molecule has 0 unspecified atom stereocenters. The lowest BCUT2D eigenvalue weighted by molar-refractivity contribution is -0.384. The van der Waals surface area contributed by atoms with E-state index in [0.29, 0.717) is 24.5 Å². The highest BCUT2D eigenvalue weighted by Crippen LogP contribution is 2.38. The van der Waals surface area contributed by atoms with Crippen molar-refractivity contribution in [1.82, 2.24) is 4.90 Å². The third-order valence-corrected chi connectivity index (χ3v) is 3.86. The van der Waals surface area contributed by atoms with Crippen molar-refractivity contribution in [2.24, 2.45) is 0 Å². The maximum absolute atomic E-state index is 12.5. The highest BCUT2D eigenvalue weighted by molar-refractivity contribution is 5.64. The smallest absolute Gasteiger partial charge is 0.401 e. The number of hydrogen-bond acceptors (Lipinski definition) is 5. The number of benzene rings is 1. The van der Waals surface area contributed by atoms with Gasteiger partial charge in [-0.25, -0.2) is 0 Å². The Morgan fingerprint density at radius 2 is 2.14 bits per heavy atom. The van der Waals surface area contributed by atoms with Gasteiger partial charge in [0.2, 0.25) is 0 Å². The van der Waals surface area contributed by atoms with E-state index in [1.165, 1.54) is 17.0 Å². The van der Waals surface area contributed by atoms with Gasteiger partial charge in [-0.15, -0.1) is 0 Å². The molecule has 1 aromatic carbocycles. The molecule has 6 nitrogen and oxygen atoms in total. The molecule has 9 heteroatoms. The van der Waals surface area contributed by atoms with Crippen LogP contribution >= 0.6 is 0 Å². The van der Waals surface area contributed by atoms with Crippen LogP contribution in [0.2, 0.25) is 0 Å². The number of piperazine rings is 1. The number of alkyl halides is 3. The first-order valence-electron chi connectivity index (χ1n) is 6.80. The highest BCUT2D eigenvalue weighted by Gasteiger charge is 2.38. The molecule has 22 heavy (non-hydrogen) atoms. The van der Waals surface area contributed by atoms with Gasteiger partial charge in [-0.2, -0.15) is 13.2 Å². The lowest BCUT2D eigenvalue weighted by Gasteiger charge is -2.45. The minimum atomic E-state index is -4.21. The highest BCUT2D eigenvalue weighted by atomic mass is 19.4. The summed E-state index contributed by atoms with van der Waals surface area (Å²) in [6.07, 6.45) is -4.21. The first-order chi connectivity index (χ1) is 10.3. The van der Waals surface area contributed by atoms with Crippen LogP contribution in [0.1, 0.15) is 0 Å². The molecule has 120 valence electrons. The Kier molecular flexibility index (Phi) is 3.59. The van der Waals surface area contributed by atoms with E-state index in [9.17, 15) is 23.3 Å². The molecule has 0 bridgehead atoms. The van der Waals surface area contributed by atoms with Crippen molar-refractivity contribution in [1.29, 1.82) is 0 Å². The van der Waals surface area contributed by atoms with Gasteiger partial charge in [-0.1, -0.05) is 0 Å². The van der Waals surface area contributed by atoms with Crippen LogP contribution in [0.25, 0.3) is 0 Å². The number of halogens is 3. The second-order valence-electron chi connectivity index (χ2n) is 5.42. The molecule has 1 fully saturated rings. The maximum Gasteiger partial charge on any atom is 0.401 e. The van der Waals surface area contributed by atoms with E-state index in [-0.39, 0.29) is 24.9 Å². The number of anilines is 1. The van der Waals surface area contributed by atoms with Crippen LogP contribution in [-0.2, 0) is 0 Å². The third-order valence-electron chi connectivity index (χ3n) is 3.86. The zero-order valence-corrected chi connectivity index (χ0v) is 11.5. The predicted octanol–water partition coefficient (Wildman–Crippen LogP) is 2.04. The fraction of sp³-hybridized carbons (Fsp3) is 0.538. The fourth-order valence-electron chi connectivity index (χ4n) is 2.93. The van der Waals surface area contributed by atoms with E-state index in [1.54, 1.807) is 6.07 Å². The zero-order valence-electron chi connectivity index (χ0n) is 11.5. The Balaban J connectivity index is 1.76.